The van der Waals surface area contributed by atoms with Crippen molar-refractivity contribution in [3.05, 3.63) is 24.3 Å². The Morgan fingerprint density at radius 1 is 1.05 bits per heavy atom. The van der Waals surface area contributed by atoms with E-state index in [1.165, 1.54) is 25.7 Å². The number of rotatable bonds is 9. The second kappa shape index (κ2) is 9.25. The number of nitrogens with one attached hydrogen (secondary N) is 1. The Balaban J connectivity index is 2.26. The Hall–Kier alpha value is -1.71. The van der Waals surface area contributed by atoms with Crippen LogP contribution in [0.4, 0.5) is 4.79 Å². The minimum absolute atomic E-state index is 0.313. The lowest BCUT2D eigenvalue weighted by Gasteiger charge is -2.10. The number of carbonyl (C=O) groups is 1. The topological polar surface area (TPSA) is 59.3 Å². The lowest BCUT2D eigenvalue weighted by molar-refractivity contribution is 0.205. The van der Waals surface area contributed by atoms with Gasteiger partial charge in [-0.1, -0.05) is 51.2 Å². The predicted octanol–water partition coefficient (Wildman–Crippen LogP) is 4.21. The molecule has 105 valence electrons. The largest absolute Gasteiger partial charge is 0.490 e. The molecule has 1 amide bonds. The molecule has 1 N–H and O–H groups in total. The van der Waals surface area contributed by atoms with Crippen LogP contribution in [0.1, 0.15) is 45.4 Å². The number of amides is 1. The molecule has 0 spiro atoms. The zero-order valence-electron chi connectivity index (χ0n) is 11.5. The zero-order valence-corrected chi connectivity index (χ0v) is 11.5. The third kappa shape index (κ3) is 6.70. The van der Waals surface area contributed by atoms with Crippen molar-refractivity contribution in [2.75, 3.05) is 6.61 Å². The number of para-hydroxylation sites is 2. The van der Waals surface area contributed by atoms with E-state index in [4.69, 9.17) is 15.2 Å². The van der Waals surface area contributed by atoms with Gasteiger partial charge >= 0.3 is 6.09 Å². The summed E-state index contributed by atoms with van der Waals surface area (Å²) in [7, 11) is 0. The first kappa shape index (κ1) is 15.3. The summed E-state index contributed by atoms with van der Waals surface area (Å²) in [5.41, 5.74) is 6.80. The molecule has 0 aliphatic heterocycles. The van der Waals surface area contributed by atoms with E-state index >= 15 is 0 Å². The fourth-order valence-corrected chi connectivity index (χ4v) is 1.82. The van der Waals surface area contributed by atoms with Crippen molar-refractivity contribution in [2.24, 2.45) is 0 Å². The van der Waals surface area contributed by atoms with Crippen LogP contribution < -0.4 is 15.2 Å². The molecule has 1 rings (SSSR count). The number of carbonyl (C=O) groups excluding carboxylic acids is 1. The molecule has 0 aliphatic rings. The number of benzene rings is 1. The van der Waals surface area contributed by atoms with E-state index in [0.717, 1.165) is 12.8 Å². The quantitative estimate of drug-likeness (QED) is 0.628. The number of ether oxygens (including phenoxy) is 2. The molecular weight excluding hydrogens is 242 g/mol. The molecule has 0 aromatic heterocycles. The number of hydrogen-bond acceptors (Lipinski definition) is 3. The van der Waals surface area contributed by atoms with Crippen molar-refractivity contribution in [3.63, 3.8) is 0 Å². The highest BCUT2D eigenvalue weighted by molar-refractivity contribution is 5.68. The first-order valence-electron chi connectivity index (χ1n) is 6.89. The van der Waals surface area contributed by atoms with E-state index in [9.17, 15) is 4.79 Å². The van der Waals surface area contributed by atoms with Crippen LogP contribution in [0.15, 0.2) is 24.3 Å². The molecule has 0 fully saturated rings. The lowest BCUT2D eigenvalue weighted by atomic mass is 10.1. The summed E-state index contributed by atoms with van der Waals surface area (Å²) in [6, 6.07) is 6.94. The molecule has 4 heteroatoms. The maximum atomic E-state index is 10.6. The first-order chi connectivity index (χ1) is 9.24. The monoisotopic (exact) mass is 264 g/mol. The first-order valence-corrected chi connectivity index (χ1v) is 6.89. The van der Waals surface area contributed by atoms with Gasteiger partial charge in [-0.3, -0.25) is 0 Å². The van der Waals surface area contributed by atoms with Gasteiger partial charge in [-0.15, -0.1) is 0 Å². The van der Waals surface area contributed by atoms with Crippen LogP contribution in [-0.2, 0) is 0 Å². The van der Waals surface area contributed by atoms with Gasteiger partial charge in [-0.05, 0) is 18.6 Å². The van der Waals surface area contributed by atoms with Gasteiger partial charge in [0.05, 0.1) is 6.61 Å². The van der Waals surface area contributed by atoms with Crippen molar-refractivity contribution >= 4 is 6.09 Å². The highest BCUT2D eigenvalue weighted by Crippen LogP contribution is 2.26. The Bertz CT molecular complexity index is 379. The highest BCUT2D eigenvalue weighted by atomic mass is 16.6. The van der Waals surface area contributed by atoms with Gasteiger partial charge < -0.3 is 9.47 Å². The summed E-state index contributed by atoms with van der Waals surface area (Å²) in [5, 5.41) is 0. The van der Waals surface area contributed by atoms with E-state index in [1.54, 1.807) is 18.2 Å². The van der Waals surface area contributed by atoms with Gasteiger partial charge in [0, 0.05) is 0 Å². The van der Waals surface area contributed by atoms with Crippen LogP contribution in [0.5, 0.6) is 11.5 Å². The van der Waals surface area contributed by atoms with Crippen LogP contribution in [0, 0.1) is 0 Å². The van der Waals surface area contributed by atoms with Crippen molar-refractivity contribution in [3.8, 4) is 11.5 Å². The second-order valence-corrected chi connectivity index (χ2v) is 4.45. The summed E-state index contributed by atoms with van der Waals surface area (Å²) >= 11 is 0. The van der Waals surface area contributed by atoms with Crippen LogP contribution >= 0.6 is 0 Å². The second-order valence-electron chi connectivity index (χ2n) is 4.45. The maximum Gasteiger partial charge on any atom is 0.431 e. The van der Waals surface area contributed by atoms with Gasteiger partial charge in [0.2, 0.25) is 0 Å². The summed E-state index contributed by atoms with van der Waals surface area (Å²) < 4.78 is 10.3. The molecule has 0 saturated carbocycles. The van der Waals surface area contributed by atoms with E-state index in [1.807, 2.05) is 6.07 Å². The molecule has 0 bridgehead atoms. The minimum Gasteiger partial charge on any atom is -0.490 e. The van der Waals surface area contributed by atoms with E-state index < -0.39 is 6.09 Å². The highest BCUT2D eigenvalue weighted by Gasteiger charge is 2.06. The smallest absolute Gasteiger partial charge is 0.431 e. The SMILES string of the molecule is CCCCCCCCOc1ccccc1OC([NH])=O. The third-order valence-corrected chi connectivity index (χ3v) is 2.81. The lowest BCUT2D eigenvalue weighted by Crippen LogP contribution is -2.07. The van der Waals surface area contributed by atoms with Crippen molar-refractivity contribution in [2.45, 2.75) is 45.4 Å². The van der Waals surface area contributed by atoms with Gasteiger partial charge in [0.15, 0.2) is 11.5 Å². The molecule has 0 heterocycles. The maximum absolute atomic E-state index is 10.6. The van der Waals surface area contributed by atoms with E-state index in [2.05, 4.69) is 6.92 Å². The van der Waals surface area contributed by atoms with Crippen LogP contribution in [0.2, 0.25) is 0 Å². The van der Waals surface area contributed by atoms with Gasteiger partial charge in [-0.2, -0.15) is 0 Å². The molecule has 1 aromatic carbocycles. The normalized spacial score (nSPS) is 10.2. The predicted molar refractivity (Wildman–Crippen MR) is 74.4 cm³/mol. The zero-order chi connectivity index (χ0) is 13.9. The molecule has 4 nitrogen and oxygen atoms in total. The van der Waals surface area contributed by atoms with Gasteiger partial charge in [-0.25, -0.2) is 10.5 Å². The van der Waals surface area contributed by atoms with Crippen molar-refractivity contribution in [1.29, 1.82) is 0 Å². The summed E-state index contributed by atoms with van der Waals surface area (Å²) in [6.07, 6.45) is 6.14. The van der Waals surface area contributed by atoms with Crippen molar-refractivity contribution in [1.82, 2.24) is 5.73 Å². The summed E-state index contributed by atoms with van der Waals surface area (Å²) in [6.45, 7) is 2.81. The average molecular weight is 264 g/mol. The van der Waals surface area contributed by atoms with Gasteiger partial charge in [0.1, 0.15) is 0 Å². The van der Waals surface area contributed by atoms with E-state index in [0.29, 0.717) is 18.1 Å². The molecule has 1 aromatic rings. The van der Waals surface area contributed by atoms with Crippen molar-refractivity contribution < 1.29 is 14.3 Å². The third-order valence-electron chi connectivity index (χ3n) is 2.81. The standard InChI is InChI=1S/C15H22NO3/c1-2-3-4-5-6-9-12-18-13-10-7-8-11-14(13)19-15(16)17/h7-8,10-11,16H,2-6,9,12H2,1H3. The van der Waals surface area contributed by atoms with E-state index in [-0.39, 0.29) is 0 Å². The molecule has 1 radical (unpaired) electrons. The Morgan fingerprint density at radius 2 is 1.68 bits per heavy atom. The Kier molecular flexibility index (Phi) is 7.47. The Morgan fingerprint density at radius 3 is 2.37 bits per heavy atom. The molecule has 19 heavy (non-hydrogen) atoms. The molecular formula is C15H22NO3. The molecule has 0 saturated heterocycles. The summed E-state index contributed by atoms with van der Waals surface area (Å²) in [4.78, 5) is 10.6. The molecule has 0 aliphatic carbocycles. The molecule has 0 unspecified atom stereocenters. The summed E-state index contributed by atoms with van der Waals surface area (Å²) in [5.74, 6) is 0.838. The van der Waals surface area contributed by atoms with Gasteiger partial charge in [0.25, 0.3) is 0 Å². The van der Waals surface area contributed by atoms with Crippen LogP contribution in [0.3, 0.4) is 0 Å². The average Bonchev–Trinajstić information content (AvgIpc) is 2.39. The number of unbranched alkanes of at least 4 members (excludes halogenated alkanes) is 5. The van der Waals surface area contributed by atoms with Crippen LogP contribution in [-0.4, -0.2) is 12.7 Å². The molecule has 0 atom stereocenters. The van der Waals surface area contributed by atoms with Crippen LogP contribution in [0.25, 0.3) is 0 Å². The number of hydrogen-bond donors (Lipinski definition) is 0. The minimum atomic E-state index is -1.07. The fourth-order valence-electron chi connectivity index (χ4n) is 1.82. The fraction of sp³-hybridized carbons (Fsp3) is 0.533. The Labute approximate surface area is 114 Å².